The van der Waals surface area contributed by atoms with Crippen LogP contribution in [0.3, 0.4) is 0 Å². The predicted molar refractivity (Wildman–Crippen MR) is 83.9 cm³/mol. The summed E-state index contributed by atoms with van der Waals surface area (Å²) >= 11 is 0. The van der Waals surface area contributed by atoms with Crippen molar-refractivity contribution in [1.82, 2.24) is 4.98 Å². The van der Waals surface area contributed by atoms with E-state index in [1.165, 1.54) is 0 Å². The van der Waals surface area contributed by atoms with E-state index in [2.05, 4.69) is 11.1 Å². The van der Waals surface area contributed by atoms with Crippen LogP contribution in [0.15, 0.2) is 60.9 Å². The Hall–Kier alpha value is -2.42. The Morgan fingerprint density at radius 3 is 2.67 bits per heavy atom. The molecule has 0 aliphatic carbocycles. The van der Waals surface area contributed by atoms with E-state index in [1.807, 2.05) is 48.5 Å². The third kappa shape index (κ3) is 4.88. The second kappa shape index (κ2) is 8.00. The fourth-order valence-corrected chi connectivity index (χ4v) is 2.25. The molecule has 2 aromatic rings. The Balaban J connectivity index is 1.83. The molecule has 0 spiro atoms. The third-order valence-corrected chi connectivity index (χ3v) is 3.36. The van der Waals surface area contributed by atoms with Gasteiger partial charge in [0.15, 0.2) is 0 Å². The third-order valence-electron chi connectivity index (χ3n) is 3.36. The van der Waals surface area contributed by atoms with Gasteiger partial charge in [0.1, 0.15) is 0 Å². The van der Waals surface area contributed by atoms with Crippen LogP contribution >= 0.6 is 0 Å². The van der Waals surface area contributed by atoms with E-state index in [4.69, 9.17) is 0 Å². The SMILES string of the molecule is O=C(O)C(CCC/C=C/c1cccnc1)c1ccccc1. The quantitative estimate of drug-likeness (QED) is 0.776. The molecule has 1 aromatic heterocycles. The van der Waals surface area contributed by atoms with Crippen LogP contribution in [0.25, 0.3) is 6.08 Å². The van der Waals surface area contributed by atoms with Gasteiger partial charge < -0.3 is 5.11 Å². The van der Waals surface area contributed by atoms with Crippen LogP contribution in [-0.2, 0) is 4.79 Å². The molecule has 0 fully saturated rings. The molecule has 0 aliphatic rings. The van der Waals surface area contributed by atoms with Crippen LogP contribution in [0.1, 0.15) is 36.3 Å². The maximum atomic E-state index is 11.4. The monoisotopic (exact) mass is 281 g/mol. The zero-order valence-electron chi connectivity index (χ0n) is 11.9. The van der Waals surface area contributed by atoms with Crippen molar-refractivity contribution < 1.29 is 9.90 Å². The summed E-state index contributed by atoms with van der Waals surface area (Å²) in [5.74, 6) is -1.17. The van der Waals surface area contributed by atoms with Crippen molar-refractivity contribution in [2.75, 3.05) is 0 Å². The molecule has 3 nitrogen and oxygen atoms in total. The zero-order chi connectivity index (χ0) is 14.9. The van der Waals surface area contributed by atoms with Gasteiger partial charge in [-0.15, -0.1) is 0 Å². The van der Waals surface area contributed by atoms with Crippen molar-refractivity contribution in [1.29, 1.82) is 0 Å². The van der Waals surface area contributed by atoms with Gasteiger partial charge in [0.05, 0.1) is 5.92 Å². The summed E-state index contributed by atoms with van der Waals surface area (Å²) in [6, 6.07) is 13.3. The first kappa shape index (κ1) is 15.0. The number of carboxylic acid groups (broad SMARTS) is 1. The van der Waals surface area contributed by atoms with Crippen molar-refractivity contribution >= 4 is 12.0 Å². The lowest BCUT2D eigenvalue weighted by molar-refractivity contribution is -0.139. The fraction of sp³-hybridized carbons (Fsp3) is 0.222. The summed E-state index contributed by atoms with van der Waals surface area (Å²) in [7, 11) is 0. The molecular formula is C18H19NO2. The molecule has 21 heavy (non-hydrogen) atoms. The van der Waals surface area contributed by atoms with Gasteiger partial charge in [0.25, 0.3) is 0 Å². The number of carboxylic acids is 1. The number of benzene rings is 1. The topological polar surface area (TPSA) is 50.2 Å². The van der Waals surface area contributed by atoms with Crippen LogP contribution in [0, 0.1) is 0 Å². The number of hydrogen-bond donors (Lipinski definition) is 1. The van der Waals surface area contributed by atoms with Crippen LogP contribution in [0.2, 0.25) is 0 Å². The molecule has 0 saturated carbocycles. The summed E-state index contributed by atoms with van der Waals surface area (Å²) in [4.78, 5) is 15.4. The highest BCUT2D eigenvalue weighted by atomic mass is 16.4. The van der Waals surface area contributed by atoms with E-state index in [0.717, 1.165) is 24.0 Å². The molecule has 108 valence electrons. The maximum Gasteiger partial charge on any atom is 0.310 e. The molecule has 0 radical (unpaired) electrons. The van der Waals surface area contributed by atoms with Gasteiger partial charge in [-0.2, -0.15) is 0 Å². The lowest BCUT2D eigenvalue weighted by Crippen LogP contribution is -2.11. The summed E-state index contributed by atoms with van der Waals surface area (Å²) in [6.07, 6.45) is 10.0. The van der Waals surface area contributed by atoms with Crippen molar-refractivity contribution in [2.24, 2.45) is 0 Å². The number of nitrogens with zero attached hydrogens (tertiary/aromatic N) is 1. The smallest absolute Gasteiger partial charge is 0.310 e. The van der Waals surface area contributed by atoms with Gasteiger partial charge in [-0.05, 0) is 36.5 Å². The minimum Gasteiger partial charge on any atom is -0.481 e. The maximum absolute atomic E-state index is 11.4. The van der Waals surface area contributed by atoms with Gasteiger partial charge in [-0.25, -0.2) is 0 Å². The Morgan fingerprint density at radius 1 is 1.19 bits per heavy atom. The molecule has 0 bridgehead atoms. The van der Waals surface area contributed by atoms with Gasteiger partial charge in [-0.1, -0.05) is 48.6 Å². The number of unbranched alkanes of at least 4 members (excludes halogenated alkanes) is 1. The van der Waals surface area contributed by atoms with E-state index >= 15 is 0 Å². The number of hydrogen-bond acceptors (Lipinski definition) is 2. The summed E-state index contributed by atoms with van der Waals surface area (Å²) < 4.78 is 0. The van der Waals surface area contributed by atoms with E-state index in [1.54, 1.807) is 12.4 Å². The van der Waals surface area contributed by atoms with E-state index in [-0.39, 0.29) is 0 Å². The van der Waals surface area contributed by atoms with E-state index in [9.17, 15) is 9.90 Å². The second-order valence-corrected chi connectivity index (χ2v) is 4.92. The first-order valence-electron chi connectivity index (χ1n) is 7.11. The molecule has 3 heteroatoms. The number of allylic oxidation sites excluding steroid dienone is 1. The Morgan fingerprint density at radius 2 is 2.00 bits per heavy atom. The number of aromatic nitrogens is 1. The normalized spacial score (nSPS) is 12.4. The number of rotatable bonds is 7. The van der Waals surface area contributed by atoms with Crippen LogP contribution in [-0.4, -0.2) is 16.1 Å². The van der Waals surface area contributed by atoms with Crippen LogP contribution in [0.4, 0.5) is 0 Å². The molecule has 1 aromatic carbocycles. The minimum atomic E-state index is -0.752. The number of carbonyl (C=O) groups is 1. The molecule has 1 atom stereocenters. The molecule has 2 rings (SSSR count). The summed E-state index contributed by atoms with van der Waals surface area (Å²) in [5, 5.41) is 9.33. The Bertz CT molecular complexity index is 579. The highest BCUT2D eigenvalue weighted by Crippen LogP contribution is 2.22. The largest absolute Gasteiger partial charge is 0.481 e. The van der Waals surface area contributed by atoms with Crippen molar-refractivity contribution in [3.8, 4) is 0 Å². The average molecular weight is 281 g/mol. The Kier molecular flexibility index (Phi) is 5.71. The van der Waals surface area contributed by atoms with Gasteiger partial charge in [0.2, 0.25) is 0 Å². The highest BCUT2D eigenvalue weighted by Gasteiger charge is 2.18. The Labute approximate surface area is 125 Å². The molecule has 0 aliphatic heterocycles. The van der Waals surface area contributed by atoms with E-state index in [0.29, 0.717) is 6.42 Å². The van der Waals surface area contributed by atoms with Crippen molar-refractivity contribution in [3.05, 3.63) is 72.1 Å². The van der Waals surface area contributed by atoms with Crippen LogP contribution < -0.4 is 0 Å². The summed E-state index contributed by atoms with van der Waals surface area (Å²) in [6.45, 7) is 0. The molecule has 1 heterocycles. The lowest BCUT2D eigenvalue weighted by atomic mass is 9.93. The van der Waals surface area contributed by atoms with Gasteiger partial charge in [-0.3, -0.25) is 9.78 Å². The number of aliphatic carboxylic acids is 1. The van der Waals surface area contributed by atoms with Gasteiger partial charge in [0, 0.05) is 12.4 Å². The minimum absolute atomic E-state index is 0.419. The van der Waals surface area contributed by atoms with Crippen LogP contribution in [0.5, 0.6) is 0 Å². The highest BCUT2D eigenvalue weighted by molar-refractivity contribution is 5.75. The molecule has 0 saturated heterocycles. The first-order valence-corrected chi connectivity index (χ1v) is 7.11. The predicted octanol–water partition coefficient (Wildman–Crippen LogP) is 4.13. The van der Waals surface area contributed by atoms with Crippen molar-refractivity contribution in [2.45, 2.75) is 25.2 Å². The van der Waals surface area contributed by atoms with Crippen molar-refractivity contribution in [3.63, 3.8) is 0 Å². The molecule has 1 N–H and O–H groups in total. The molecule has 1 unspecified atom stereocenters. The van der Waals surface area contributed by atoms with Gasteiger partial charge >= 0.3 is 5.97 Å². The standard InChI is InChI=1S/C18H19NO2/c20-18(21)17(16-10-4-2-5-11-16)12-6-1-3-8-15-9-7-13-19-14-15/h2-5,7-11,13-14,17H,1,6,12H2,(H,20,21)/b8-3+. The van der Waals surface area contributed by atoms with E-state index < -0.39 is 11.9 Å². The number of pyridine rings is 1. The second-order valence-electron chi connectivity index (χ2n) is 4.92. The fourth-order valence-electron chi connectivity index (χ4n) is 2.25. The average Bonchev–Trinajstić information content (AvgIpc) is 2.52. The summed E-state index contributed by atoms with van der Waals surface area (Å²) in [5.41, 5.74) is 1.94. The zero-order valence-corrected chi connectivity index (χ0v) is 11.9. The lowest BCUT2D eigenvalue weighted by Gasteiger charge is -2.11. The molecule has 0 amide bonds. The molecular weight excluding hydrogens is 262 g/mol. The first-order chi connectivity index (χ1) is 10.3.